The fraction of sp³-hybridized carbons (Fsp3) is 0.200. The molecule has 3 nitrogen and oxygen atoms in total. The predicted octanol–water partition coefficient (Wildman–Crippen LogP) is 6.39. The Morgan fingerprint density at radius 1 is 1.16 bits per heavy atom. The molecule has 0 fully saturated rings. The quantitative estimate of drug-likeness (QED) is 0.387. The van der Waals surface area contributed by atoms with Gasteiger partial charge in [0.15, 0.2) is 0 Å². The van der Waals surface area contributed by atoms with E-state index in [1.165, 1.54) is 5.56 Å². The van der Waals surface area contributed by atoms with Crippen LogP contribution in [-0.2, 0) is 6.42 Å². The second-order valence-corrected chi connectivity index (χ2v) is 7.81. The van der Waals surface area contributed by atoms with E-state index in [1.54, 1.807) is 0 Å². The van der Waals surface area contributed by atoms with E-state index < -0.39 is 0 Å². The van der Waals surface area contributed by atoms with Crippen LogP contribution in [0.1, 0.15) is 36.5 Å². The van der Waals surface area contributed by atoms with Gasteiger partial charge in [0.05, 0.1) is 5.56 Å². The van der Waals surface area contributed by atoms with Crippen LogP contribution in [0.2, 0.25) is 0 Å². The second-order valence-electron chi connectivity index (χ2n) is 6.51. The summed E-state index contributed by atoms with van der Waals surface area (Å²) in [6, 6.07) is 14.4. The van der Waals surface area contributed by atoms with Crippen molar-refractivity contribution in [2.45, 2.75) is 26.2 Å². The average molecular weight is 413 g/mol. The van der Waals surface area contributed by atoms with Crippen molar-refractivity contribution in [2.75, 3.05) is 0 Å². The molecule has 0 spiro atoms. The van der Waals surface area contributed by atoms with Crippen LogP contribution in [0.15, 0.2) is 46.9 Å². The van der Waals surface area contributed by atoms with Gasteiger partial charge in [-0.15, -0.1) is 0 Å². The normalized spacial score (nSPS) is 12.5. The number of H-pyrrole nitrogens is 1. The number of rotatable bonds is 2. The van der Waals surface area contributed by atoms with Crippen molar-refractivity contribution < 1.29 is 4.74 Å². The second kappa shape index (κ2) is 6.39. The first-order chi connectivity index (χ1) is 12.0. The molecule has 0 unspecified atom stereocenters. The van der Waals surface area contributed by atoms with Crippen LogP contribution in [0.5, 0.6) is 11.6 Å². The zero-order chi connectivity index (χ0) is 17.6. The van der Waals surface area contributed by atoms with Gasteiger partial charge < -0.3 is 9.72 Å². The van der Waals surface area contributed by atoms with Gasteiger partial charge in [-0.25, -0.2) is 4.98 Å². The summed E-state index contributed by atoms with van der Waals surface area (Å²) >= 11 is 9.03. The number of hydrogen-bond donors (Lipinski definition) is 1. The Bertz CT molecular complexity index is 1010. The molecule has 3 aromatic rings. The molecule has 0 radical (unpaired) electrons. The number of ether oxygens (including phenoxy) is 1. The Balaban J connectivity index is 1.75. The van der Waals surface area contributed by atoms with E-state index in [4.69, 9.17) is 17.0 Å². The minimum absolute atomic E-state index is 0.503. The maximum Gasteiger partial charge on any atom is 0.205 e. The molecule has 0 aliphatic carbocycles. The van der Waals surface area contributed by atoms with E-state index in [1.807, 2.05) is 12.1 Å². The molecule has 2 heterocycles. The number of benzene rings is 2. The maximum absolute atomic E-state index is 6.05. The average Bonchev–Trinajstić information content (AvgIpc) is 2.60. The van der Waals surface area contributed by atoms with E-state index in [2.05, 4.69) is 70.1 Å². The van der Waals surface area contributed by atoms with Gasteiger partial charge >= 0.3 is 0 Å². The highest BCUT2D eigenvalue weighted by Gasteiger charge is 2.20. The van der Waals surface area contributed by atoms with Crippen LogP contribution in [0.25, 0.3) is 11.4 Å². The standard InChI is InChI=1S/C20H17BrN2OS/c1-11(2)12-3-5-13(6-4-12)18-22-19-16(20(25)23-18)10-14-9-15(21)7-8-17(14)24-19/h3-9,11H,10H2,1-2H3,(H,22,23,25). The lowest BCUT2D eigenvalue weighted by molar-refractivity contribution is 0.439. The van der Waals surface area contributed by atoms with Crippen LogP contribution in [0.4, 0.5) is 0 Å². The monoisotopic (exact) mass is 412 g/mol. The molecule has 0 amide bonds. The molecule has 1 aliphatic heterocycles. The summed E-state index contributed by atoms with van der Waals surface area (Å²) in [7, 11) is 0. The van der Waals surface area contributed by atoms with E-state index in [-0.39, 0.29) is 0 Å². The van der Waals surface area contributed by atoms with Gasteiger partial charge in [-0.05, 0) is 29.7 Å². The summed E-state index contributed by atoms with van der Waals surface area (Å²) in [6.45, 7) is 4.37. The summed E-state index contributed by atoms with van der Waals surface area (Å²) in [4.78, 5) is 7.91. The van der Waals surface area contributed by atoms with Gasteiger partial charge in [-0.3, -0.25) is 0 Å². The van der Waals surface area contributed by atoms with Gasteiger partial charge in [-0.1, -0.05) is 66.3 Å². The Morgan fingerprint density at radius 2 is 1.92 bits per heavy atom. The van der Waals surface area contributed by atoms with Crippen molar-refractivity contribution in [3.63, 3.8) is 0 Å². The summed E-state index contributed by atoms with van der Waals surface area (Å²) in [5.41, 5.74) is 4.35. The zero-order valence-corrected chi connectivity index (χ0v) is 16.4. The van der Waals surface area contributed by atoms with Gasteiger partial charge in [0.1, 0.15) is 16.2 Å². The molecule has 4 rings (SSSR count). The summed E-state index contributed by atoms with van der Waals surface area (Å²) in [6.07, 6.45) is 0.721. The van der Waals surface area contributed by atoms with Crippen molar-refractivity contribution >= 4 is 28.1 Å². The maximum atomic E-state index is 6.05. The highest BCUT2D eigenvalue weighted by molar-refractivity contribution is 9.10. The molecule has 2 aromatic carbocycles. The molecule has 126 valence electrons. The van der Waals surface area contributed by atoms with Gasteiger partial charge in [0.25, 0.3) is 0 Å². The van der Waals surface area contributed by atoms with E-state index in [0.717, 1.165) is 39.2 Å². The van der Waals surface area contributed by atoms with Crippen molar-refractivity contribution in [3.05, 3.63) is 68.3 Å². The number of nitrogens with one attached hydrogen (secondary N) is 1. The third-order valence-electron chi connectivity index (χ3n) is 4.43. The molecule has 0 saturated carbocycles. The van der Waals surface area contributed by atoms with Crippen molar-refractivity contribution in [2.24, 2.45) is 0 Å². The molecule has 1 aromatic heterocycles. The Labute approximate surface area is 160 Å². The van der Waals surface area contributed by atoms with Crippen LogP contribution >= 0.6 is 28.1 Å². The first-order valence-electron chi connectivity index (χ1n) is 8.21. The van der Waals surface area contributed by atoms with Gasteiger partial charge in [0.2, 0.25) is 5.88 Å². The first-order valence-corrected chi connectivity index (χ1v) is 9.41. The Morgan fingerprint density at radius 3 is 2.64 bits per heavy atom. The van der Waals surface area contributed by atoms with Crippen LogP contribution < -0.4 is 4.74 Å². The van der Waals surface area contributed by atoms with E-state index in [9.17, 15) is 0 Å². The SMILES string of the molecule is CC(C)c1ccc(-c2nc(=S)c3c([nH]2)Oc2ccc(Br)cc2C3)cc1. The van der Waals surface area contributed by atoms with E-state index >= 15 is 0 Å². The summed E-state index contributed by atoms with van der Waals surface area (Å²) < 4.78 is 7.67. The molecular weight excluding hydrogens is 396 g/mol. The number of aromatic amines is 1. The number of hydrogen-bond acceptors (Lipinski definition) is 3. The molecule has 1 aliphatic rings. The number of nitrogens with zero attached hydrogens (tertiary/aromatic N) is 1. The largest absolute Gasteiger partial charge is 0.440 e. The highest BCUT2D eigenvalue weighted by Crippen LogP contribution is 2.37. The molecule has 0 bridgehead atoms. The lowest BCUT2D eigenvalue weighted by atomic mass is 10.0. The molecule has 1 N–H and O–H groups in total. The van der Waals surface area contributed by atoms with Gasteiger partial charge in [-0.2, -0.15) is 0 Å². The van der Waals surface area contributed by atoms with Crippen LogP contribution in [0.3, 0.4) is 0 Å². The van der Waals surface area contributed by atoms with Crippen molar-refractivity contribution in [3.8, 4) is 23.0 Å². The third-order valence-corrected chi connectivity index (χ3v) is 5.26. The number of fused-ring (bicyclic) bond motifs is 2. The first kappa shape index (κ1) is 16.5. The smallest absolute Gasteiger partial charge is 0.205 e. The van der Waals surface area contributed by atoms with Crippen molar-refractivity contribution in [1.82, 2.24) is 9.97 Å². The molecule has 25 heavy (non-hydrogen) atoms. The minimum atomic E-state index is 0.503. The zero-order valence-electron chi connectivity index (χ0n) is 14.0. The van der Waals surface area contributed by atoms with Gasteiger partial charge in [0, 0.05) is 22.0 Å². The highest BCUT2D eigenvalue weighted by atomic mass is 79.9. The van der Waals surface area contributed by atoms with Crippen LogP contribution in [0, 0.1) is 4.64 Å². The molecule has 0 atom stereocenters. The Hall–Kier alpha value is -1.98. The summed E-state index contributed by atoms with van der Waals surface area (Å²) in [5.74, 6) is 2.79. The van der Waals surface area contributed by atoms with Crippen molar-refractivity contribution in [1.29, 1.82) is 0 Å². The number of halogens is 1. The molecule has 5 heteroatoms. The summed E-state index contributed by atoms with van der Waals surface area (Å²) in [5, 5.41) is 0. The minimum Gasteiger partial charge on any atom is -0.440 e. The van der Waals surface area contributed by atoms with E-state index in [0.29, 0.717) is 16.4 Å². The van der Waals surface area contributed by atoms with Crippen LogP contribution in [-0.4, -0.2) is 9.97 Å². The fourth-order valence-corrected chi connectivity index (χ4v) is 3.63. The predicted molar refractivity (Wildman–Crippen MR) is 106 cm³/mol. The lowest BCUT2D eigenvalue weighted by Gasteiger charge is -2.20. The molecule has 0 saturated heterocycles. The Kier molecular flexibility index (Phi) is 4.21. The third kappa shape index (κ3) is 3.14. The number of aromatic nitrogens is 2. The fourth-order valence-electron chi connectivity index (χ4n) is 2.97. The topological polar surface area (TPSA) is 37.9 Å². The molecular formula is C20H17BrN2OS. The lowest BCUT2D eigenvalue weighted by Crippen LogP contribution is -2.08.